The van der Waals surface area contributed by atoms with Crippen LogP contribution in [-0.2, 0) is 0 Å². The Balaban J connectivity index is 0. The van der Waals surface area contributed by atoms with Crippen molar-refractivity contribution in [3.63, 3.8) is 0 Å². The lowest BCUT2D eigenvalue weighted by molar-refractivity contribution is 0.191. The summed E-state index contributed by atoms with van der Waals surface area (Å²) in [6.45, 7) is 3.54. The van der Waals surface area contributed by atoms with Crippen molar-refractivity contribution >= 4 is 6.09 Å². The van der Waals surface area contributed by atoms with Gasteiger partial charge in [-0.1, -0.05) is 0 Å². The zero-order valence-electron chi connectivity index (χ0n) is 4.93. The van der Waals surface area contributed by atoms with Crippen LogP contribution in [-0.4, -0.2) is 22.7 Å². The number of hydrogen-bond donors (Lipinski definition) is 2. The summed E-state index contributed by atoms with van der Waals surface area (Å²) < 4.78 is 0. The average Bonchev–Trinajstić information content (AvgIpc) is 1.27. The van der Waals surface area contributed by atoms with Crippen molar-refractivity contribution in [1.82, 2.24) is 5.32 Å². The summed E-state index contributed by atoms with van der Waals surface area (Å²) in [6, 6.07) is 0.0255. The van der Waals surface area contributed by atoms with Crippen LogP contribution in [0.1, 0.15) is 13.8 Å². The largest absolute Gasteiger partial charge is 0.465 e. The third-order valence-corrected chi connectivity index (χ3v) is 0.412. The Morgan fingerprint density at radius 1 is 1.62 bits per heavy atom. The summed E-state index contributed by atoms with van der Waals surface area (Å²) >= 11 is 0. The summed E-state index contributed by atoms with van der Waals surface area (Å²) in [5.41, 5.74) is 0. The van der Waals surface area contributed by atoms with Gasteiger partial charge in [0, 0.05) is 6.04 Å². The van der Waals surface area contributed by atoms with Gasteiger partial charge in [0.05, 0.1) is 0 Å². The molecule has 0 saturated carbocycles. The third-order valence-electron chi connectivity index (χ3n) is 0.412. The summed E-state index contributed by atoms with van der Waals surface area (Å²) in [5.74, 6) is 0. The smallest absolute Gasteiger partial charge is 0.404 e. The van der Waals surface area contributed by atoms with Crippen molar-refractivity contribution < 1.29 is 15.4 Å². The van der Waals surface area contributed by atoms with E-state index in [1.54, 1.807) is 13.8 Å². The highest BCUT2D eigenvalue weighted by Gasteiger charge is 1.94. The molecule has 0 unspecified atom stereocenters. The molecule has 0 aromatic carbocycles. The Morgan fingerprint density at radius 3 is 2.00 bits per heavy atom. The van der Waals surface area contributed by atoms with Crippen LogP contribution in [0.15, 0.2) is 0 Å². The standard InChI is InChI=1S/C4H9NO2.H2O/c1-3(2)5-4(6)7;/h3,5H,1-2H3,(H,6,7);1H2. The molecule has 4 N–H and O–H groups in total. The van der Waals surface area contributed by atoms with Gasteiger partial charge < -0.3 is 15.9 Å². The van der Waals surface area contributed by atoms with E-state index >= 15 is 0 Å². The molecule has 0 atom stereocenters. The molecule has 0 aliphatic heterocycles. The van der Waals surface area contributed by atoms with E-state index in [4.69, 9.17) is 5.11 Å². The van der Waals surface area contributed by atoms with E-state index in [1.165, 1.54) is 0 Å². The molecule has 1 amide bonds. The quantitative estimate of drug-likeness (QED) is 0.505. The third kappa shape index (κ3) is 8.97. The number of nitrogens with one attached hydrogen (secondary N) is 1. The van der Waals surface area contributed by atoms with Gasteiger partial charge in [-0.2, -0.15) is 0 Å². The Labute approximate surface area is 47.8 Å². The molecule has 0 aromatic heterocycles. The van der Waals surface area contributed by atoms with Gasteiger partial charge in [-0.25, -0.2) is 4.79 Å². The van der Waals surface area contributed by atoms with Crippen molar-refractivity contribution in [3.8, 4) is 0 Å². The Hall–Kier alpha value is -0.770. The first kappa shape index (κ1) is 10.3. The number of amides is 1. The molecular weight excluding hydrogens is 110 g/mol. The average molecular weight is 121 g/mol. The lowest BCUT2D eigenvalue weighted by Crippen LogP contribution is -2.27. The van der Waals surface area contributed by atoms with E-state index in [-0.39, 0.29) is 11.5 Å². The van der Waals surface area contributed by atoms with Gasteiger partial charge >= 0.3 is 6.09 Å². The van der Waals surface area contributed by atoms with E-state index in [1.807, 2.05) is 0 Å². The molecule has 50 valence electrons. The van der Waals surface area contributed by atoms with Crippen molar-refractivity contribution in [2.45, 2.75) is 19.9 Å². The number of carbonyl (C=O) groups is 1. The number of rotatable bonds is 1. The molecule has 8 heavy (non-hydrogen) atoms. The zero-order chi connectivity index (χ0) is 5.86. The van der Waals surface area contributed by atoms with Crippen LogP contribution in [0.25, 0.3) is 0 Å². The Morgan fingerprint density at radius 2 is 2.00 bits per heavy atom. The highest BCUT2D eigenvalue weighted by molar-refractivity contribution is 5.64. The van der Waals surface area contributed by atoms with Gasteiger partial charge in [0.25, 0.3) is 0 Å². The molecule has 0 spiro atoms. The molecule has 0 aromatic rings. The first-order valence-electron chi connectivity index (χ1n) is 2.12. The molecule has 0 bridgehead atoms. The summed E-state index contributed by atoms with van der Waals surface area (Å²) in [4.78, 5) is 9.70. The topological polar surface area (TPSA) is 80.8 Å². The maximum absolute atomic E-state index is 9.70. The Bertz CT molecular complexity index is 71.7. The van der Waals surface area contributed by atoms with Gasteiger partial charge in [0.15, 0.2) is 0 Å². The summed E-state index contributed by atoms with van der Waals surface area (Å²) in [7, 11) is 0. The normalized spacial score (nSPS) is 7.88. The van der Waals surface area contributed by atoms with Gasteiger partial charge in [-0.15, -0.1) is 0 Å². The zero-order valence-corrected chi connectivity index (χ0v) is 4.93. The summed E-state index contributed by atoms with van der Waals surface area (Å²) in [6.07, 6.45) is -0.963. The van der Waals surface area contributed by atoms with Crippen LogP contribution in [0, 0.1) is 0 Å². The van der Waals surface area contributed by atoms with E-state index in [2.05, 4.69) is 5.32 Å². The minimum Gasteiger partial charge on any atom is -0.465 e. The molecule has 4 heteroatoms. The fourth-order valence-corrected chi connectivity index (χ4v) is 0.247. The molecule has 0 fully saturated rings. The van der Waals surface area contributed by atoms with Crippen LogP contribution in [0.2, 0.25) is 0 Å². The predicted octanol–water partition coefficient (Wildman–Crippen LogP) is -0.162. The fourth-order valence-electron chi connectivity index (χ4n) is 0.247. The van der Waals surface area contributed by atoms with Gasteiger partial charge in [-0.05, 0) is 13.8 Å². The van der Waals surface area contributed by atoms with Crippen LogP contribution in [0.3, 0.4) is 0 Å². The van der Waals surface area contributed by atoms with E-state index in [9.17, 15) is 4.79 Å². The van der Waals surface area contributed by atoms with Crippen LogP contribution in [0.5, 0.6) is 0 Å². The predicted molar refractivity (Wildman–Crippen MR) is 29.9 cm³/mol. The highest BCUT2D eigenvalue weighted by atomic mass is 16.4. The van der Waals surface area contributed by atoms with E-state index in [0.29, 0.717) is 0 Å². The lowest BCUT2D eigenvalue weighted by atomic mass is 10.4. The molecule has 4 nitrogen and oxygen atoms in total. The van der Waals surface area contributed by atoms with Crippen molar-refractivity contribution in [2.75, 3.05) is 0 Å². The van der Waals surface area contributed by atoms with Crippen LogP contribution >= 0.6 is 0 Å². The first-order valence-corrected chi connectivity index (χ1v) is 2.12. The molecule has 0 saturated heterocycles. The minimum atomic E-state index is -0.963. The molecule has 0 rings (SSSR count). The molecule has 0 radical (unpaired) electrons. The SMILES string of the molecule is CC(C)NC(=O)O.O. The first-order chi connectivity index (χ1) is 3.13. The van der Waals surface area contributed by atoms with E-state index in [0.717, 1.165) is 0 Å². The van der Waals surface area contributed by atoms with Gasteiger partial charge in [0.2, 0.25) is 0 Å². The van der Waals surface area contributed by atoms with Crippen molar-refractivity contribution in [3.05, 3.63) is 0 Å². The fraction of sp³-hybridized carbons (Fsp3) is 0.750. The van der Waals surface area contributed by atoms with E-state index < -0.39 is 6.09 Å². The van der Waals surface area contributed by atoms with Crippen LogP contribution in [0.4, 0.5) is 4.79 Å². The van der Waals surface area contributed by atoms with Gasteiger partial charge in [-0.3, -0.25) is 0 Å². The maximum Gasteiger partial charge on any atom is 0.404 e. The van der Waals surface area contributed by atoms with Crippen molar-refractivity contribution in [1.29, 1.82) is 0 Å². The minimum absolute atomic E-state index is 0. The Kier molecular flexibility index (Phi) is 5.63. The maximum atomic E-state index is 9.70. The second-order valence-electron chi connectivity index (χ2n) is 1.60. The van der Waals surface area contributed by atoms with Crippen molar-refractivity contribution in [2.24, 2.45) is 0 Å². The second kappa shape index (κ2) is 4.39. The number of hydrogen-bond acceptors (Lipinski definition) is 1. The molecule has 0 aliphatic rings. The monoisotopic (exact) mass is 121 g/mol. The molecule has 0 heterocycles. The second-order valence-corrected chi connectivity index (χ2v) is 1.60. The number of carboxylic acid groups (broad SMARTS) is 1. The molecular formula is C4H11NO3. The van der Waals surface area contributed by atoms with Crippen LogP contribution < -0.4 is 5.32 Å². The highest BCUT2D eigenvalue weighted by Crippen LogP contribution is 1.72. The van der Waals surface area contributed by atoms with Gasteiger partial charge in [0.1, 0.15) is 0 Å². The lowest BCUT2D eigenvalue weighted by Gasteiger charge is -2.00. The molecule has 0 aliphatic carbocycles. The summed E-state index contributed by atoms with van der Waals surface area (Å²) in [5, 5.41) is 10.2.